The number of nitrogens with one attached hydrogen (secondary N) is 2. The van der Waals surface area contributed by atoms with E-state index in [1.165, 1.54) is 10.6 Å². The topological polar surface area (TPSA) is 24.1 Å². The lowest BCUT2D eigenvalue weighted by Gasteiger charge is -2.12. The van der Waals surface area contributed by atoms with E-state index in [9.17, 15) is 0 Å². The SMILES string of the molecule is [2H]N1C=CC=CC1=C1C=CC=CN1[2H]. The first-order valence-electron chi connectivity index (χ1n) is 4.69. The molecule has 0 radical (unpaired) electrons. The lowest BCUT2D eigenvalue weighted by atomic mass is 10.2. The summed E-state index contributed by atoms with van der Waals surface area (Å²) in [6.45, 7) is 0. The molecule has 2 heteroatoms. The molecule has 0 bridgehead atoms. The van der Waals surface area contributed by atoms with Gasteiger partial charge in [-0.15, -0.1) is 0 Å². The summed E-state index contributed by atoms with van der Waals surface area (Å²) in [6.07, 6.45) is 14.2. The van der Waals surface area contributed by atoms with Crippen LogP contribution in [0.3, 0.4) is 0 Å². The van der Waals surface area contributed by atoms with E-state index in [0.717, 1.165) is 0 Å². The van der Waals surface area contributed by atoms with Crippen LogP contribution in [0, 0.1) is 0 Å². The zero-order valence-corrected chi connectivity index (χ0v) is 6.51. The van der Waals surface area contributed by atoms with Gasteiger partial charge in [0.15, 0.2) is 2.82 Å². The Hall–Kier alpha value is -1.70. The van der Waals surface area contributed by atoms with E-state index < -0.39 is 0 Å². The first kappa shape index (κ1) is 5.04. The van der Waals surface area contributed by atoms with Crippen LogP contribution < -0.4 is 10.6 Å². The molecule has 2 aliphatic heterocycles. The highest BCUT2D eigenvalue weighted by Gasteiger charge is 2.00. The average Bonchev–Trinajstić information content (AvgIpc) is 2.20. The van der Waals surface area contributed by atoms with E-state index in [1.54, 1.807) is 24.6 Å². The molecule has 0 aromatic heterocycles. The molecule has 0 saturated carbocycles. The molecule has 12 heavy (non-hydrogen) atoms. The van der Waals surface area contributed by atoms with Crippen LogP contribution in [0.2, 0.25) is 2.82 Å². The zero-order valence-electron chi connectivity index (χ0n) is 8.51. The van der Waals surface area contributed by atoms with Crippen LogP contribution in [0.1, 0.15) is 0 Å². The Morgan fingerprint density at radius 2 is 1.33 bits per heavy atom. The largest absolute Gasteiger partial charge is 0.360 e. The third-order valence-corrected chi connectivity index (χ3v) is 1.59. The van der Waals surface area contributed by atoms with Crippen molar-refractivity contribution in [1.82, 2.24) is 10.6 Å². The van der Waals surface area contributed by atoms with Gasteiger partial charge in [-0.25, -0.2) is 0 Å². The van der Waals surface area contributed by atoms with E-state index in [0.29, 0.717) is 11.4 Å². The van der Waals surface area contributed by atoms with Gasteiger partial charge in [0.1, 0.15) is 0 Å². The third kappa shape index (κ3) is 1.32. The van der Waals surface area contributed by atoms with Crippen molar-refractivity contribution in [2.75, 3.05) is 0 Å². The quantitative estimate of drug-likeness (QED) is 0.561. The van der Waals surface area contributed by atoms with Crippen LogP contribution in [0.5, 0.6) is 0 Å². The van der Waals surface area contributed by atoms with Gasteiger partial charge >= 0.3 is 0 Å². The van der Waals surface area contributed by atoms with Crippen molar-refractivity contribution < 1.29 is 2.82 Å². The first-order chi connectivity index (χ1) is 6.79. The smallest absolute Gasteiger partial charge is 0.166 e. The van der Waals surface area contributed by atoms with Gasteiger partial charge in [-0.2, -0.15) is 0 Å². The molecule has 0 amide bonds. The maximum atomic E-state index is 7.62. The summed E-state index contributed by atoms with van der Waals surface area (Å²) < 4.78 is 15.2. The summed E-state index contributed by atoms with van der Waals surface area (Å²) in [5, 5.41) is 2.50. The molecule has 0 aromatic rings. The molecule has 60 valence electrons. The molecule has 0 aliphatic carbocycles. The summed E-state index contributed by atoms with van der Waals surface area (Å²) in [7, 11) is 0. The Balaban J connectivity index is 2.39. The highest BCUT2D eigenvalue weighted by Crippen LogP contribution is 2.07. The predicted molar refractivity (Wildman–Crippen MR) is 49.9 cm³/mol. The lowest BCUT2D eigenvalue weighted by Crippen LogP contribution is -2.15. The Labute approximate surface area is 74.6 Å². The van der Waals surface area contributed by atoms with Crippen LogP contribution in [0.4, 0.5) is 0 Å². The van der Waals surface area contributed by atoms with Gasteiger partial charge in [0.05, 0.1) is 11.4 Å². The fourth-order valence-electron chi connectivity index (χ4n) is 1.03. The fraction of sp³-hybridized carbons (Fsp3) is 0. The Morgan fingerprint density at radius 3 is 1.75 bits per heavy atom. The summed E-state index contributed by atoms with van der Waals surface area (Å²) in [4.78, 5) is 0. The van der Waals surface area contributed by atoms with Gasteiger partial charge in [-0.05, 0) is 24.3 Å². The molecule has 0 fully saturated rings. The van der Waals surface area contributed by atoms with Crippen molar-refractivity contribution in [2.45, 2.75) is 0 Å². The van der Waals surface area contributed by atoms with Crippen molar-refractivity contribution in [3.8, 4) is 0 Å². The molecule has 0 spiro atoms. The standard InChI is InChI=1S/C10H10N2/c1-3-7-11-9(5-1)10-6-2-4-8-12-10/h1-8,11-12H/i/hD2. The summed E-state index contributed by atoms with van der Waals surface area (Å²) in [5.74, 6) is 0. The minimum absolute atomic E-state index is 0.697. The monoisotopic (exact) mass is 160 g/mol. The minimum Gasteiger partial charge on any atom is -0.360 e. The van der Waals surface area contributed by atoms with E-state index in [2.05, 4.69) is 0 Å². The molecule has 2 aliphatic rings. The second-order valence-corrected chi connectivity index (χ2v) is 2.43. The average molecular weight is 160 g/mol. The number of hydrogen-bond acceptors (Lipinski definition) is 2. The van der Waals surface area contributed by atoms with Gasteiger partial charge < -0.3 is 10.6 Å². The second kappa shape index (κ2) is 3.13. The maximum Gasteiger partial charge on any atom is 0.166 e. The van der Waals surface area contributed by atoms with Crippen molar-refractivity contribution in [3.05, 3.63) is 60.3 Å². The Morgan fingerprint density at radius 1 is 0.833 bits per heavy atom. The zero-order chi connectivity index (χ0) is 9.97. The van der Waals surface area contributed by atoms with E-state index in [-0.39, 0.29) is 0 Å². The van der Waals surface area contributed by atoms with Gasteiger partial charge in [0, 0.05) is 12.4 Å². The fourth-order valence-corrected chi connectivity index (χ4v) is 1.03. The van der Waals surface area contributed by atoms with E-state index in [4.69, 9.17) is 2.82 Å². The molecule has 0 atom stereocenters. The molecule has 2 heterocycles. The third-order valence-electron chi connectivity index (χ3n) is 1.59. The number of hydrogen-bond donors (Lipinski definition) is 2. The first-order valence-corrected chi connectivity index (χ1v) is 3.79. The molecular weight excluding hydrogens is 148 g/mol. The normalized spacial score (nSPS) is 29.3. The lowest BCUT2D eigenvalue weighted by molar-refractivity contribution is 0.988. The summed E-state index contributed by atoms with van der Waals surface area (Å²) >= 11 is 0. The molecule has 0 saturated heterocycles. The summed E-state index contributed by atoms with van der Waals surface area (Å²) in [5.41, 5.74) is 1.39. The van der Waals surface area contributed by atoms with Crippen molar-refractivity contribution in [1.29, 1.82) is 0 Å². The van der Waals surface area contributed by atoms with Crippen molar-refractivity contribution in [3.63, 3.8) is 0 Å². The molecule has 0 aromatic carbocycles. The van der Waals surface area contributed by atoms with Crippen molar-refractivity contribution in [2.24, 2.45) is 0 Å². The Kier molecular flexibility index (Phi) is 1.31. The minimum atomic E-state index is 0.697. The van der Waals surface area contributed by atoms with E-state index in [1.807, 2.05) is 24.3 Å². The van der Waals surface area contributed by atoms with Crippen LogP contribution in [0.25, 0.3) is 0 Å². The van der Waals surface area contributed by atoms with Crippen LogP contribution in [-0.2, 0) is 0 Å². The Bertz CT molecular complexity index is 342. The van der Waals surface area contributed by atoms with Crippen molar-refractivity contribution >= 4 is 0 Å². The van der Waals surface area contributed by atoms with Gasteiger partial charge in [0.2, 0.25) is 0 Å². The molecular formula is C10H10N2. The molecule has 2 nitrogen and oxygen atoms in total. The highest BCUT2D eigenvalue weighted by atomic mass is 14.9. The second-order valence-electron chi connectivity index (χ2n) is 2.43. The molecule has 0 unspecified atom stereocenters. The molecule has 2 N–H and O–H groups in total. The number of allylic oxidation sites excluding steroid dienone is 6. The van der Waals surface area contributed by atoms with Gasteiger partial charge in [-0.3, -0.25) is 0 Å². The summed E-state index contributed by atoms with van der Waals surface area (Å²) in [6, 6.07) is 0. The van der Waals surface area contributed by atoms with Crippen LogP contribution in [-0.4, -0.2) is 0 Å². The molecule has 2 rings (SSSR count). The number of rotatable bonds is 0. The van der Waals surface area contributed by atoms with Crippen LogP contribution in [0.15, 0.2) is 60.3 Å². The van der Waals surface area contributed by atoms with Gasteiger partial charge in [0.25, 0.3) is 0 Å². The van der Waals surface area contributed by atoms with E-state index >= 15 is 0 Å². The maximum absolute atomic E-state index is 7.62. The number of dihydropyridines is 2. The predicted octanol–water partition coefficient (Wildman–Crippen LogP) is 1.54. The van der Waals surface area contributed by atoms with Crippen LogP contribution >= 0.6 is 0 Å². The highest BCUT2D eigenvalue weighted by molar-refractivity contribution is 5.39. The van der Waals surface area contributed by atoms with Gasteiger partial charge in [-0.1, -0.05) is 12.2 Å².